The molecule has 2 heterocycles. The highest BCUT2D eigenvalue weighted by atomic mass is 16.5. The number of hydrogen-bond donors (Lipinski definition) is 0. The summed E-state index contributed by atoms with van der Waals surface area (Å²) in [5.41, 5.74) is 3.34. The first-order chi connectivity index (χ1) is 14.6. The fourth-order valence-corrected chi connectivity index (χ4v) is 4.38. The van der Waals surface area contributed by atoms with E-state index in [-0.39, 0.29) is 23.7 Å². The number of carbonyl (C=O) groups excluding carboxylic acids is 3. The number of benzene rings is 2. The van der Waals surface area contributed by atoms with Gasteiger partial charge in [-0.1, -0.05) is 30.3 Å². The van der Waals surface area contributed by atoms with Crippen LogP contribution < -0.4 is 4.90 Å². The molecule has 1 unspecified atom stereocenters. The van der Waals surface area contributed by atoms with Crippen LogP contribution in [0.3, 0.4) is 0 Å². The zero-order valence-corrected chi connectivity index (χ0v) is 17.2. The number of ether oxygens (including phenoxy) is 1. The molecule has 30 heavy (non-hydrogen) atoms. The molecule has 1 saturated heterocycles. The van der Waals surface area contributed by atoms with Gasteiger partial charge in [-0.3, -0.25) is 9.59 Å². The molecular weight excluding hydrogens is 380 g/mol. The van der Waals surface area contributed by atoms with E-state index in [1.165, 1.54) is 7.11 Å². The molecule has 4 rings (SSSR count). The molecule has 0 bridgehead atoms. The summed E-state index contributed by atoms with van der Waals surface area (Å²) in [6.45, 7) is 1.78. The van der Waals surface area contributed by atoms with Crippen LogP contribution in [0, 0.1) is 5.92 Å². The Hall–Kier alpha value is -3.15. The second-order valence-corrected chi connectivity index (χ2v) is 7.92. The Morgan fingerprint density at radius 1 is 1.07 bits per heavy atom. The summed E-state index contributed by atoms with van der Waals surface area (Å²) in [4.78, 5) is 41.4. The van der Waals surface area contributed by atoms with Crippen LogP contribution in [0.15, 0.2) is 48.5 Å². The van der Waals surface area contributed by atoms with Crippen LogP contribution in [0.25, 0.3) is 0 Å². The first-order valence-electron chi connectivity index (χ1n) is 10.4. The molecule has 156 valence electrons. The molecule has 1 atom stereocenters. The molecule has 6 nitrogen and oxygen atoms in total. The highest BCUT2D eigenvalue weighted by molar-refractivity contribution is 5.98. The third-order valence-electron chi connectivity index (χ3n) is 5.98. The van der Waals surface area contributed by atoms with Crippen LogP contribution in [0.2, 0.25) is 0 Å². The van der Waals surface area contributed by atoms with Gasteiger partial charge in [0.05, 0.1) is 25.0 Å². The average Bonchev–Trinajstić information content (AvgIpc) is 3.22. The van der Waals surface area contributed by atoms with Gasteiger partial charge >= 0.3 is 5.97 Å². The number of fused-ring (bicyclic) bond motifs is 1. The number of carbonyl (C=O) groups is 3. The van der Waals surface area contributed by atoms with Crippen LogP contribution in [0.5, 0.6) is 0 Å². The van der Waals surface area contributed by atoms with Crippen molar-refractivity contribution in [3.05, 3.63) is 65.2 Å². The van der Waals surface area contributed by atoms with Gasteiger partial charge in [-0.15, -0.1) is 0 Å². The minimum Gasteiger partial charge on any atom is -0.465 e. The van der Waals surface area contributed by atoms with Crippen LogP contribution in [-0.2, 0) is 27.2 Å². The maximum absolute atomic E-state index is 13.3. The lowest BCUT2D eigenvalue weighted by Crippen LogP contribution is -2.47. The zero-order valence-electron chi connectivity index (χ0n) is 17.2. The normalized spacial score (nSPS) is 18.1. The van der Waals surface area contributed by atoms with Crippen molar-refractivity contribution in [2.24, 2.45) is 5.92 Å². The summed E-state index contributed by atoms with van der Waals surface area (Å²) in [5.74, 6) is -0.424. The number of nitrogens with zero attached hydrogens (tertiary/aromatic N) is 2. The lowest BCUT2D eigenvalue weighted by Gasteiger charge is -2.34. The summed E-state index contributed by atoms with van der Waals surface area (Å²) in [6.07, 6.45) is 2.71. The molecule has 0 radical (unpaired) electrons. The van der Waals surface area contributed by atoms with Gasteiger partial charge in [0.1, 0.15) is 0 Å². The van der Waals surface area contributed by atoms with E-state index in [1.54, 1.807) is 6.07 Å². The van der Waals surface area contributed by atoms with Gasteiger partial charge in [0.2, 0.25) is 11.8 Å². The Labute approximate surface area is 176 Å². The van der Waals surface area contributed by atoms with Crippen molar-refractivity contribution in [3.8, 4) is 0 Å². The first kappa shape index (κ1) is 20.1. The van der Waals surface area contributed by atoms with E-state index in [0.29, 0.717) is 31.6 Å². The molecule has 2 aromatic carbocycles. The minimum atomic E-state index is -0.373. The van der Waals surface area contributed by atoms with Crippen molar-refractivity contribution < 1.29 is 19.1 Å². The van der Waals surface area contributed by atoms with Gasteiger partial charge in [-0.2, -0.15) is 0 Å². The number of amides is 2. The van der Waals surface area contributed by atoms with Crippen molar-refractivity contribution in [1.29, 1.82) is 0 Å². The van der Waals surface area contributed by atoms with E-state index >= 15 is 0 Å². The number of likely N-dealkylation sites (tertiary alicyclic amines) is 1. The Bertz CT molecular complexity index is 957. The van der Waals surface area contributed by atoms with E-state index in [9.17, 15) is 14.4 Å². The molecule has 0 aromatic heterocycles. The molecule has 2 aliphatic rings. The molecule has 2 aliphatic heterocycles. The third kappa shape index (κ3) is 4.08. The van der Waals surface area contributed by atoms with E-state index in [1.807, 2.05) is 52.3 Å². The smallest absolute Gasteiger partial charge is 0.337 e. The number of piperidine rings is 1. The van der Waals surface area contributed by atoms with Crippen LogP contribution in [0.1, 0.15) is 34.3 Å². The number of methoxy groups -OCH3 is 1. The largest absolute Gasteiger partial charge is 0.465 e. The second-order valence-electron chi connectivity index (χ2n) is 7.92. The van der Waals surface area contributed by atoms with Gasteiger partial charge in [0.25, 0.3) is 0 Å². The highest BCUT2D eigenvalue weighted by Gasteiger charge is 2.34. The molecular formula is C24H26N2O4. The fourth-order valence-electron chi connectivity index (χ4n) is 4.38. The predicted octanol–water partition coefficient (Wildman–Crippen LogP) is 2.84. The maximum Gasteiger partial charge on any atom is 0.337 e. The lowest BCUT2D eigenvalue weighted by molar-refractivity contribution is -0.134. The molecule has 2 aromatic rings. The summed E-state index contributed by atoms with van der Waals surface area (Å²) in [5, 5.41) is 0. The second kappa shape index (κ2) is 8.69. The van der Waals surface area contributed by atoms with Crippen molar-refractivity contribution in [1.82, 2.24) is 4.90 Å². The zero-order chi connectivity index (χ0) is 21.1. The van der Waals surface area contributed by atoms with Crippen molar-refractivity contribution >= 4 is 23.5 Å². The van der Waals surface area contributed by atoms with Gasteiger partial charge in [-0.05, 0) is 48.6 Å². The topological polar surface area (TPSA) is 66.9 Å². The molecule has 2 amide bonds. The Balaban J connectivity index is 1.43. The van der Waals surface area contributed by atoms with Crippen molar-refractivity contribution in [2.45, 2.75) is 25.7 Å². The van der Waals surface area contributed by atoms with Gasteiger partial charge < -0.3 is 14.5 Å². The first-order valence-corrected chi connectivity index (χ1v) is 10.4. The molecule has 0 saturated carbocycles. The number of rotatable bonds is 4. The summed E-state index contributed by atoms with van der Waals surface area (Å²) >= 11 is 0. The van der Waals surface area contributed by atoms with E-state index in [2.05, 4.69) is 0 Å². The van der Waals surface area contributed by atoms with Crippen molar-refractivity contribution in [3.63, 3.8) is 0 Å². The monoisotopic (exact) mass is 406 g/mol. The molecule has 0 aliphatic carbocycles. The average molecular weight is 406 g/mol. The van der Waals surface area contributed by atoms with E-state index < -0.39 is 0 Å². The minimum absolute atomic E-state index is 0.0665. The fraction of sp³-hybridized carbons (Fsp3) is 0.375. The molecule has 0 N–H and O–H groups in total. The van der Waals surface area contributed by atoms with E-state index in [4.69, 9.17) is 4.74 Å². The SMILES string of the molecule is COC(=O)c1ccc2c(c1)CCN2C(=O)C1CCCN(C(=O)Cc2ccccc2)C1. The lowest BCUT2D eigenvalue weighted by atomic mass is 9.95. The number of hydrogen-bond acceptors (Lipinski definition) is 4. The van der Waals surface area contributed by atoms with Crippen molar-refractivity contribution in [2.75, 3.05) is 31.6 Å². The molecule has 6 heteroatoms. The maximum atomic E-state index is 13.3. The summed E-state index contributed by atoms with van der Waals surface area (Å²) < 4.78 is 4.79. The quantitative estimate of drug-likeness (QED) is 0.733. The summed E-state index contributed by atoms with van der Waals surface area (Å²) in [6, 6.07) is 15.0. The van der Waals surface area contributed by atoms with Crippen LogP contribution in [0.4, 0.5) is 5.69 Å². The Morgan fingerprint density at radius 3 is 2.63 bits per heavy atom. The highest BCUT2D eigenvalue weighted by Crippen LogP contribution is 2.32. The Morgan fingerprint density at radius 2 is 1.87 bits per heavy atom. The predicted molar refractivity (Wildman–Crippen MR) is 113 cm³/mol. The third-order valence-corrected chi connectivity index (χ3v) is 5.98. The Kier molecular flexibility index (Phi) is 5.84. The number of anilines is 1. The standard InChI is InChI=1S/C24H26N2O4/c1-30-24(29)19-9-10-21-18(15-19)11-13-26(21)23(28)20-8-5-12-25(16-20)22(27)14-17-6-3-2-4-7-17/h2-4,6-7,9-10,15,20H,5,8,11-14,16H2,1H3. The van der Waals surface area contributed by atoms with Gasteiger partial charge in [-0.25, -0.2) is 4.79 Å². The summed E-state index contributed by atoms with van der Waals surface area (Å²) in [7, 11) is 1.36. The molecule has 1 fully saturated rings. The van der Waals surface area contributed by atoms with E-state index in [0.717, 1.165) is 36.1 Å². The molecule has 0 spiro atoms. The van der Waals surface area contributed by atoms with Crippen LogP contribution >= 0.6 is 0 Å². The van der Waals surface area contributed by atoms with Gasteiger partial charge in [0.15, 0.2) is 0 Å². The van der Waals surface area contributed by atoms with Crippen LogP contribution in [-0.4, -0.2) is 49.4 Å². The number of esters is 1. The van der Waals surface area contributed by atoms with Gasteiger partial charge in [0, 0.05) is 25.3 Å².